The quantitative estimate of drug-likeness (QED) is 0.701. The van der Waals surface area contributed by atoms with Gasteiger partial charge >= 0.3 is 0 Å². The first-order valence-corrected chi connectivity index (χ1v) is 7.48. The lowest BCUT2D eigenvalue weighted by Gasteiger charge is -2.06. The van der Waals surface area contributed by atoms with Crippen LogP contribution in [0.1, 0.15) is 39.1 Å². The number of carbonyl (C=O) groups excluding carboxylic acids is 3. The van der Waals surface area contributed by atoms with Crippen LogP contribution >= 0.6 is 0 Å². The van der Waals surface area contributed by atoms with Crippen molar-refractivity contribution in [2.45, 2.75) is 18.9 Å². The first-order valence-electron chi connectivity index (χ1n) is 7.48. The Labute approximate surface area is 133 Å². The largest absolute Gasteiger partial charge is 0.367 e. The zero-order chi connectivity index (χ0) is 16.2. The van der Waals surface area contributed by atoms with Crippen LogP contribution in [-0.4, -0.2) is 35.2 Å². The monoisotopic (exact) mass is 311 g/mol. The van der Waals surface area contributed by atoms with E-state index in [9.17, 15) is 14.4 Å². The average molecular weight is 311 g/mol. The van der Waals surface area contributed by atoms with E-state index < -0.39 is 0 Å². The molecule has 1 aliphatic rings. The number of ketones is 1. The second kappa shape index (κ2) is 6.48. The van der Waals surface area contributed by atoms with E-state index in [0.717, 1.165) is 12.8 Å². The predicted molar refractivity (Wildman–Crippen MR) is 84.2 cm³/mol. The van der Waals surface area contributed by atoms with E-state index in [1.165, 1.54) is 0 Å². The van der Waals surface area contributed by atoms with Crippen molar-refractivity contribution < 1.29 is 14.4 Å². The molecule has 1 aromatic carbocycles. The van der Waals surface area contributed by atoms with Gasteiger partial charge in [-0.2, -0.15) is 0 Å². The highest BCUT2D eigenvalue weighted by Crippen LogP contribution is 2.18. The maximum atomic E-state index is 12.1. The van der Waals surface area contributed by atoms with Crippen LogP contribution in [0.2, 0.25) is 0 Å². The standard InChI is InChI=1S/C17H17N3O3/c21-15(20-14-5-6-14)10-19-17(23)12-3-1-11(2-4-12)16(22)13-7-8-18-9-13/h1-4,7-9,14,18H,5-6,10H2,(H,19,23)(H,20,21). The van der Waals surface area contributed by atoms with Crippen molar-refractivity contribution in [3.63, 3.8) is 0 Å². The summed E-state index contributed by atoms with van der Waals surface area (Å²) in [6, 6.07) is 8.34. The van der Waals surface area contributed by atoms with Gasteiger partial charge in [0.05, 0.1) is 6.54 Å². The van der Waals surface area contributed by atoms with Crippen LogP contribution in [0.3, 0.4) is 0 Å². The number of hydrogen-bond donors (Lipinski definition) is 3. The highest BCUT2D eigenvalue weighted by Gasteiger charge is 2.23. The summed E-state index contributed by atoms with van der Waals surface area (Å²) in [7, 11) is 0. The third-order valence-electron chi connectivity index (χ3n) is 3.62. The molecule has 0 aliphatic heterocycles. The van der Waals surface area contributed by atoms with E-state index in [0.29, 0.717) is 16.7 Å². The van der Waals surface area contributed by atoms with Crippen LogP contribution in [0.25, 0.3) is 0 Å². The Bertz CT molecular complexity index is 716. The molecule has 2 amide bonds. The number of H-pyrrole nitrogens is 1. The normalized spacial score (nSPS) is 13.4. The van der Waals surface area contributed by atoms with Gasteiger partial charge in [-0.15, -0.1) is 0 Å². The molecule has 1 saturated carbocycles. The number of amides is 2. The molecule has 3 N–H and O–H groups in total. The summed E-state index contributed by atoms with van der Waals surface area (Å²) in [5, 5.41) is 5.37. The van der Waals surface area contributed by atoms with Gasteiger partial charge in [-0.05, 0) is 31.0 Å². The summed E-state index contributed by atoms with van der Waals surface area (Å²) in [6.45, 7) is -0.0423. The first-order chi connectivity index (χ1) is 11.1. The van der Waals surface area contributed by atoms with Crippen LogP contribution in [-0.2, 0) is 4.79 Å². The Morgan fingerprint density at radius 2 is 1.70 bits per heavy atom. The lowest BCUT2D eigenvalue weighted by atomic mass is 10.0. The molecule has 0 atom stereocenters. The first kappa shape index (κ1) is 15.0. The van der Waals surface area contributed by atoms with Crippen LogP contribution in [0, 0.1) is 0 Å². The van der Waals surface area contributed by atoms with Gasteiger partial charge in [-0.3, -0.25) is 14.4 Å². The molecule has 6 heteroatoms. The third kappa shape index (κ3) is 3.85. The topological polar surface area (TPSA) is 91.1 Å². The lowest BCUT2D eigenvalue weighted by Crippen LogP contribution is -2.37. The van der Waals surface area contributed by atoms with E-state index in [4.69, 9.17) is 0 Å². The summed E-state index contributed by atoms with van der Waals surface area (Å²) in [5.41, 5.74) is 1.49. The molecule has 0 spiro atoms. The van der Waals surface area contributed by atoms with Crippen LogP contribution in [0.4, 0.5) is 0 Å². The van der Waals surface area contributed by atoms with Crippen LogP contribution in [0.15, 0.2) is 42.7 Å². The second-order valence-electron chi connectivity index (χ2n) is 5.53. The van der Waals surface area contributed by atoms with Gasteiger partial charge in [-0.1, -0.05) is 12.1 Å². The number of hydrogen-bond acceptors (Lipinski definition) is 3. The molecule has 1 aromatic heterocycles. The fourth-order valence-electron chi connectivity index (χ4n) is 2.17. The van der Waals surface area contributed by atoms with Gasteiger partial charge in [-0.25, -0.2) is 0 Å². The van der Waals surface area contributed by atoms with E-state index in [1.54, 1.807) is 42.7 Å². The second-order valence-corrected chi connectivity index (χ2v) is 5.53. The Morgan fingerprint density at radius 3 is 2.30 bits per heavy atom. The summed E-state index contributed by atoms with van der Waals surface area (Å²) < 4.78 is 0. The molecule has 1 aliphatic carbocycles. The zero-order valence-corrected chi connectivity index (χ0v) is 12.5. The SMILES string of the molecule is O=C(CNC(=O)c1ccc(C(=O)c2cc[nH]c2)cc1)NC1CC1. The van der Waals surface area contributed by atoms with Gasteiger partial charge in [0, 0.05) is 35.1 Å². The van der Waals surface area contributed by atoms with Crippen molar-refractivity contribution in [3.05, 3.63) is 59.4 Å². The minimum atomic E-state index is -0.336. The van der Waals surface area contributed by atoms with Gasteiger partial charge in [0.1, 0.15) is 0 Å². The molecule has 118 valence electrons. The van der Waals surface area contributed by atoms with Crippen molar-refractivity contribution in [1.29, 1.82) is 0 Å². The van der Waals surface area contributed by atoms with Crippen molar-refractivity contribution in [3.8, 4) is 0 Å². The van der Waals surface area contributed by atoms with E-state index >= 15 is 0 Å². The summed E-state index contributed by atoms with van der Waals surface area (Å²) in [6.07, 6.45) is 5.33. The predicted octanol–water partition coefficient (Wildman–Crippen LogP) is 1.25. The van der Waals surface area contributed by atoms with Crippen LogP contribution < -0.4 is 10.6 Å². The van der Waals surface area contributed by atoms with E-state index in [1.807, 2.05) is 0 Å². The fourth-order valence-corrected chi connectivity index (χ4v) is 2.17. The molecule has 1 heterocycles. The summed E-state index contributed by atoms with van der Waals surface area (Å²) >= 11 is 0. The van der Waals surface area contributed by atoms with E-state index in [-0.39, 0.29) is 30.2 Å². The Hall–Kier alpha value is -2.89. The minimum Gasteiger partial charge on any atom is -0.367 e. The molecule has 23 heavy (non-hydrogen) atoms. The molecule has 0 bridgehead atoms. The Morgan fingerprint density at radius 1 is 1.00 bits per heavy atom. The number of benzene rings is 1. The Balaban J connectivity index is 1.56. The fraction of sp³-hybridized carbons (Fsp3) is 0.235. The Kier molecular flexibility index (Phi) is 4.23. The summed E-state index contributed by atoms with van der Waals surface area (Å²) in [4.78, 5) is 38.5. The van der Waals surface area contributed by atoms with Crippen molar-refractivity contribution in [1.82, 2.24) is 15.6 Å². The molecule has 0 radical (unpaired) electrons. The zero-order valence-electron chi connectivity index (χ0n) is 12.5. The number of carbonyl (C=O) groups is 3. The van der Waals surface area contributed by atoms with Gasteiger partial charge in [0.25, 0.3) is 5.91 Å². The third-order valence-corrected chi connectivity index (χ3v) is 3.62. The maximum absolute atomic E-state index is 12.1. The minimum absolute atomic E-state index is 0.0423. The lowest BCUT2D eigenvalue weighted by molar-refractivity contribution is -0.120. The molecular formula is C17H17N3O3. The number of aromatic nitrogens is 1. The molecular weight excluding hydrogens is 294 g/mol. The smallest absolute Gasteiger partial charge is 0.251 e. The molecule has 2 aromatic rings. The summed E-state index contributed by atoms with van der Waals surface area (Å²) in [5.74, 6) is -0.626. The molecule has 0 unspecified atom stereocenters. The highest BCUT2D eigenvalue weighted by molar-refractivity contribution is 6.09. The highest BCUT2D eigenvalue weighted by atomic mass is 16.2. The molecule has 3 rings (SSSR count). The average Bonchev–Trinajstić information content (AvgIpc) is 3.21. The van der Waals surface area contributed by atoms with Gasteiger partial charge in [0.15, 0.2) is 5.78 Å². The molecule has 6 nitrogen and oxygen atoms in total. The van der Waals surface area contributed by atoms with Crippen LogP contribution in [0.5, 0.6) is 0 Å². The number of aromatic amines is 1. The maximum Gasteiger partial charge on any atom is 0.251 e. The van der Waals surface area contributed by atoms with Gasteiger partial charge in [0.2, 0.25) is 5.91 Å². The van der Waals surface area contributed by atoms with Crippen molar-refractivity contribution in [2.24, 2.45) is 0 Å². The molecule has 0 saturated heterocycles. The number of rotatable bonds is 6. The number of nitrogens with one attached hydrogen (secondary N) is 3. The molecule has 1 fully saturated rings. The van der Waals surface area contributed by atoms with Crippen molar-refractivity contribution in [2.75, 3.05) is 6.54 Å². The van der Waals surface area contributed by atoms with Crippen molar-refractivity contribution >= 4 is 17.6 Å². The van der Waals surface area contributed by atoms with E-state index in [2.05, 4.69) is 15.6 Å². The van der Waals surface area contributed by atoms with Gasteiger partial charge < -0.3 is 15.6 Å².